The fourth-order valence-corrected chi connectivity index (χ4v) is 2.80. The van der Waals surface area contributed by atoms with Crippen molar-refractivity contribution in [1.29, 1.82) is 0 Å². The maximum absolute atomic E-state index is 11.7. The summed E-state index contributed by atoms with van der Waals surface area (Å²) >= 11 is 1.48. The van der Waals surface area contributed by atoms with Crippen molar-refractivity contribution in [2.75, 3.05) is 12.4 Å². The van der Waals surface area contributed by atoms with Crippen molar-refractivity contribution in [2.45, 2.75) is 13.8 Å². The Morgan fingerprint density at radius 3 is 2.95 bits per heavy atom. The van der Waals surface area contributed by atoms with Crippen molar-refractivity contribution in [1.82, 2.24) is 14.6 Å². The standard InChI is InChI=1S/C15H16N4O2S/c1-9(2)13(20)16-14-17-15-19(18-14)12(8-22-15)10-5-4-6-11(7-10)21-3/h4-9H,1-3H3,(H,16,18,20). The lowest BCUT2D eigenvalue weighted by molar-refractivity contribution is -0.118. The fraction of sp³-hybridized carbons (Fsp3) is 0.267. The van der Waals surface area contributed by atoms with E-state index in [2.05, 4.69) is 15.4 Å². The average Bonchev–Trinajstić information content (AvgIpc) is 3.06. The number of thiazole rings is 1. The maximum atomic E-state index is 11.7. The Hall–Kier alpha value is -2.41. The van der Waals surface area contributed by atoms with E-state index in [1.54, 1.807) is 11.6 Å². The molecule has 1 aromatic carbocycles. The van der Waals surface area contributed by atoms with Crippen molar-refractivity contribution >= 4 is 28.2 Å². The Morgan fingerprint density at radius 1 is 1.41 bits per heavy atom. The number of benzene rings is 1. The predicted molar refractivity (Wildman–Crippen MR) is 86.3 cm³/mol. The second-order valence-electron chi connectivity index (χ2n) is 5.13. The van der Waals surface area contributed by atoms with Gasteiger partial charge in [0.1, 0.15) is 5.75 Å². The van der Waals surface area contributed by atoms with Gasteiger partial charge in [-0.25, -0.2) is 4.52 Å². The number of carbonyl (C=O) groups excluding carboxylic acids is 1. The molecule has 6 nitrogen and oxygen atoms in total. The maximum Gasteiger partial charge on any atom is 0.250 e. The number of anilines is 1. The minimum atomic E-state index is -0.112. The number of nitrogens with one attached hydrogen (secondary N) is 1. The summed E-state index contributed by atoms with van der Waals surface area (Å²) in [4.78, 5) is 16.8. The number of nitrogens with zero attached hydrogens (tertiary/aromatic N) is 3. The second-order valence-corrected chi connectivity index (χ2v) is 5.96. The molecule has 0 unspecified atom stereocenters. The summed E-state index contributed by atoms with van der Waals surface area (Å²) in [7, 11) is 1.64. The van der Waals surface area contributed by atoms with E-state index in [0.29, 0.717) is 5.95 Å². The fourth-order valence-electron chi connectivity index (χ4n) is 1.97. The Morgan fingerprint density at radius 2 is 2.23 bits per heavy atom. The molecule has 0 aliphatic rings. The van der Waals surface area contributed by atoms with E-state index in [1.807, 2.05) is 43.5 Å². The van der Waals surface area contributed by atoms with Crippen LogP contribution in [0.3, 0.4) is 0 Å². The van der Waals surface area contributed by atoms with E-state index in [1.165, 1.54) is 11.3 Å². The molecule has 1 amide bonds. The number of hydrogen-bond acceptors (Lipinski definition) is 5. The van der Waals surface area contributed by atoms with Gasteiger partial charge in [0, 0.05) is 16.9 Å². The van der Waals surface area contributed by atoms with Crippen LogP contribution in [0.5, 0.6) is 5.75 Å². The van der Waals surface area contributed by atoms with E-state index in [9.17, 15) is 4.79 Å². The quantitative estimate of drug-likeness (QED) is 0.803. The number of carbonyl (C=O) groups is 1. The van der Waals surface area contributed by atoms with E-state index < -0.39 is 0 Å². The van der Waals surface area contributed by atoms with Crippen LogP contribution in [0.15, 0.2) is 29.6 Å². The molecule has 114 valence electrons. The highest BCUT2D eigenvalue weighted by atomic mass is 32.1. The van der Waals surface area contributed by atoms with Crippen molar-refractivity contribution in [3.63, 3.8) is 0 Å². The molecule has 7 heteroatoms. The third-order valence-corrected chi connectivity index (χ3v) is 4.02. The van der Waals surface area contributed by atoms with Crippen molar-refractivity contribution in [3.05, 3.63) is 29.6 Å². The molecule has 1 N–H and O–H groups in total. The lowest BCUT2D eigenvalue weighted by atomic mass is 10.2. The number of ether oxygens (including phenoxy) is 1. The van der Waals surface area contributed by atoms with Crippen molar-refractivity contribution < 1.29 is 9.53 Å². The first kappa shape index (κ1) is 14.5. The van der Waals surface area contributed by atoms with Crippen molar-refractivity contribution in [3.8, 4) is 17.0 Å². The van der Waals surface area contributed by atoms with E-state index in [-0.39, 0.29) is 11.8 Å². The summed E-state index contributed by atoms with van der Waals surface area (Å²) < 4.78 is 6.98. The first-order valence-corrected chi connectivity index (χ1v) is 7.76. The van der Waals surface area contributed by atoms with Gasteiger partial charge in [0.25, 0.3) is 0 Å². The van der Waals surface area contributed by atoms with Crippen LogP contribution in [0, 0.1) is 5.92 Å². The molecular weight excluding hydrogens is 300 g/mol. The number of amides is 1. The number of hydrogen-bond donors (Lipinski definition) is 1. The Bertz CT molecular complexity index is 822. The highest BCUT2D eigenvalue weighted by Gasteiger charge is 2.15. The van der Waals surface area contributed by atoms with Gasteiger partial charge in [-0.3, -0.25) is 10.1 Å². The van der Waals surface area contributed by atoms with Gasteiger partial charge in [0.05, 0.1) is 12.8 Å². The zero-order valence-electron chi connectivity index (χ0n) is 12.5. The summed E-state index contributed by atoms with van der Waals surface area (Å²) in [5.74, 6) is 0.903. The predicted octanol–water partition coefficient (Wildman–Crippen LogP) is 3.06. The van der Waals surface area contributed by atoms with Crippen molar-refractivity contribution in [2.24, 2.45) is 5.92 Å². The number of rotatable bonds is 4. The van der Waals surface area contributed by atoms with Gasteiger partial charge in [-0.15, -0.1) is 16.4 Å². The monoisotopic (exact) mass is 316 g/mol. The Balaban J connectivity index is 1.97. The summed E-state index contributed by atoms with van der Waals surface area (Å²) in [6.07, 6.45) is 0. The van der Waals surface area contributed by atoms with E-state index in [0.717, 1.165) is 22.0 Å². The van der Waals surface area contributed by atoms with Gasteiger partial charge in [-0.2, -0.15) is 4.98 Å². The van der Waals surface area contributed by atoms with Crippen LogP contribution in [0.4, 0.5) is 5.95 Å². The molecule has 2 aromatic heterocycles. The van der Waals surface area contributed by atoms with Crippen LogP contribution in [-0.2, 0) is 4.79 Å². The number of aromatic nitrogens is 3. The summed E-state index contributed by atoms with van der Waals surface area (Å²) in [5, 5.41) is 9.07. The van der Waals surface area contributed by atoms with Gasteiger partial charge in [0.2, 0.25) is 16.8 Å². The molecule has 0 atom stereocenters. The molecule has 2 heterocycles. The van der Waals surface area contributed by atoms with Crippen LogP contribution in [0.2, 0.25) is 0 Å². The molecule has 0 saturated carbocycles. The van der Waals surface area contributed by atoms with E-state index in [4.69, 9.17) is 4.74 Å². The molecule has 0 aliphatic carbocycles. The summed E-state index contributed by atoms with van der Waals surface area (Å²) in [6.45, 7) is 3.66. The molecule has 3 rings (SSSR count). The molecule has 0 radical (unpaired) electrons. The van der Waals surface area contributed by atoms with Gasteiger partial charge >= 0.3 is 0 Å². The number of methoxy groups -OCH3 is 1. The molecule has 0 aliphatic heterocycles. The minimum absolute atomic E-state index is 0.0961. The molecule has 0 saturated heterocycles. The summed E-state index contributed by atoms with van der Waals surface area (Å²) in [5.41, 5.74) is 1.90. The average molecular weight is 316 g/mol. The largest absolute Gasteiger partial charge is 0.497 e. The van der Waals surface area contributed by atoms with E-state index >= 15 is 0 Å². The van der Waals surface area contributed by atoms with Crippen LogP contribution in [0.25, 0.3) is 16.2 Å². The molecule has 22 heavy (non-hydrogen) atoms. The first-order valence-electron chi connectivity index (χ1n) is 6.88. The second kappa shape index (κ2) is 5.76. The third-order valence-electron chi connectivity index (χ3n) is 3.21. The van der Waals surface area contributed by atoms with Gasteiger partial charge in [-0.05, 0) is 12.1 Å². The lowest BCUT2D eigenvalue weighted by Crippen LogP contribution is -2.18. The zero-order valence-corrected chi connectivity index (χ0v) is 13.3. The smallest absolute Gasteiger partial charge is 0.250 e. The number of fused-ring (bicyclic) bond motifs is 1. The minimum Gasteiger partial charge on any atom is -0.497 e. The Labute approximate surface area is 131 Å². The summed E-state index contributed by atoms with van der Waals surface area (Å²) in [6, 6.07) is 7.74. The van der Waals surface area contributed by atoms with Crippen LogP contribution < -0.4 is 10.1 Å². The molecule has 0 fully saturated rings. The van der Waals surface area contributed by atoms with Gasteiger partial charge in [0.15, 0.2) is 0 Å². The topological polar surface area (TPSA) is 68.5 Å². The van der Waals surface area contributed by atoms with Gasteiger partial charge < -0.3 is 4.74 Å². The van der Waals surface area contributed by atoms with Crippen LogP contribution in [-0.4, -0.2) is 27.6 Å². The highest BCUT2D eigenvalue weighted by molar-refractivity contribution is 7.15. The highest BCUT2D eigenvalue weighted by Crippen LogP contribution is 2.28. The molecular formula is C15H16N4O2S. The molecule has 0 spiro atoms. The van der Waals surface area contributed by atoms with Crippen LogP contribution in [0.1, 0.15) is 13.8 Å². The molecule has 0 bridgehead atoms. The molecule has 3 aromatic rings. The SMILES string of the molecule is COc1cccc(-c2csc3nc(NC(=O)C(C)C)nn23)c1. The first-order chi connectivity index (χ1) is 10.6. The normalized spacial score (nSPS) is 11.1. The van der Waals surface area contributed by atoms with Crippen LogP contribution >= 0.6 is 11.3 Å². The van der Waals surface area contributed by atoms with Gasteiger partial charge in [-0.1, -0.05) is 26.0 Å². The third kappa shape index (κ3) is 2.67. The zero-order chi connectivity index (χ0) is 15.7. The Kier molecular flexibility index (Phi) is 3.81. The lowest BCUT2D eigenvalue weighted by Gasteiger charge is -2.03.